The first-order valence-corrected chi connectivity index (χ1v) is 6.84. The summed E-state index contributed by atoms with van der Waals surface area (Å²) in [4.78, 5) is 8.58. The quantitative estimate of drug-likeness (QED) is 0.570. The van der Waals surface area contributed by atoms with E-state index in [4.69, 9.17) is 0 Å². The van der Waals surface area contributed by atoms with Crippen molar-refractivity contribution in [3.8, 4) is 0 Å². The predicted molar refractivity (Wildman–Crippen MR) is 84.0 cm³/mol. The Morgan fingerprint density at radius 2 is 1.95 bits per heavy atom. The van der Waals surface area contributed by atoms with E-state index < -0.39 is 0 Å². The molecule has 1 heterocycles. The van der Waals surface area contributed by atoms with Crippen molar-refractivity contribution in [2.75, 3.05) is 23.7 Å². The van der Waals surface area contributed by atoms with E-state index in [-0.39, 0.29) is 0 Å². The number of benzene rings is 1. The van der Waals surface area contributed by atoms with Crippen LogP contribution in [0.15, 0.2) is 55.3 Å². The van der Waals surface area contributed by atoms with Crippen LogP contribution in [0.1, 0.15) is 12.0 Å². The molecule has 0 spiro atoms. The molecule has 0 aliphatic carbocycles. The van der Waals surface area contributed by atoms with E-state index in [1.165, 1.54) is 5.56 Å². The molecule has 0 aliphatic heterocycles. The number of nitrogens with one attached hydrogen (secondary N) is 2. The minimum atomic E-state index is 0.659. The van der Waals surface area contributed by atoms with Gasteiger partial charge in [0.05, 0.1) is 0 Å². The summed E-state index contributed by atoms with van der Waals surface area (Å²) in [6, 6.07) is 12.3. The Bertz CT molecular complexity index is 525. The molecule has 2 N–H and O–H groups in total. The molecular weight excluding hydrogens is 248 g/mol. The second-order valence-corrected chi connectivity index (χ2v) is 4.45. The zero-order valence-corrected chi connectivity index (χ0v) is 11.5. The normalized spacial score (nSPS) is 10.0. The number of rotatable bonds is 8. The van der Waals surface area contributed by atoms with Crippen LogP contribution in [-0.2, 0) is 6.42 Å². The molecule has 20 heavy (non-hydrogen) atoms. The maximum atomic E-state index is 4.37. The number of aromatic nitrogens is 2. The van der Waals surface area contributed by atoms with Crippen molar-refractivity contribution in [1.82, 2.24) is 9.97 Å². The molecule has 0 saturated heterocycles. The molecule has 4 heteroatoms. The largest absolute Gasteiger partial charge is 0.366 e. The van der Waals surface area contributed by atoms with Gasteiger partial charge in [-0.05, 0) is 24.5 Å². The molecule has 1 aromatic carbocycles. The van der Waals surface area contributed by atoms with E-state index >= 15 is 0 Å². The van der Waals surface area contributed by atoms with Gasteiger partial charge in [0, 0.05) is 19.3 Å². The second-order valence-electron chi connectivity index (χ2n) is 4.45. The van der Waals surface area contributed by atoms with Gasteiger partial charge < -0.3 is 10.6 Å². The smallest absolute Gasteiger partial charge is 0.224 e. The van der Waals surface area contributed by atoms with Gasteiger partial charge in [-0.15, -0.1) is 6.58 Å². The first-order chi connectivity index (χ1) is 9.88. The van der Waals surface area contributed by atoms with Gasteiger partial charge in [-0.2, -0.15) is 4.98 Å². The molecule has 2 rings (SSSR count). The van der Waals surface area contributed by atoms with E-state index in [2.05, 4.69) is 51.4 Å². The lowest BCUT2D eigenvalue weighted by atomic mass is 10.1. The van der Waals surface area contributed by atoms with Crippen LogP contribution >= 0.6 is 0 Å². The SMILES string of the molecule is C=CCNc1ccnc(NCCCc2ccccc2)n1. The average Bonchev–Trinajstić information content (AvgIpc) is 2.51. The molecule has 0 radical (unpaired) electrons. The van der Waals surface area contributed by atoms with Gasteiger partial charge in [0.25, 0.3) is 0 Å². The van der Waals surface area contributed by atoms with Crippen LogP contribution in [0.5, 0.6) is 0 Å². The Balaban J connectivity index is 1.75. The van der Waals surface area contributed by atoms with Gasteiger partial charge in [-0.25, -0.2) is 4.98 Å². The zero-order chi connectivity index (χ0) is 14.0. The molecule has 4 nitrogen and oxygen atoms in total. The lowest BCUT2D eigenvalue weighted by Gasteiger charge is -2.07. The maximum absolute atomic E-state index is 4.37. The zero-order valence-electron chi connectivity index (χ0n) is 11.5. The van der Waals surface area contributed by atoms with Crippen LogP contribution in [0, 0.1) is 0 Å². The van der Waals surface area contributed by atoms with Crippen molar-refractivity contribution in [2.24, 2.45) is 0 Å². The predicted octanol–water partition coefficient (Wildman–Crippen LogP) is 3.12. The Morgan fingerprint density at radius 3 is 2.75 bits per heavy atom. The third-order valence-electron chi connectivity index (χ3n) is 2.85. The summed E-state index contributed by atoms with van der Waals surface area (Å²) in [7, 11) is 0. The standard InChI is InChI=1S/C16H20N4/c1-2-11-17-15-10-13-19-16(20-15)18-12-6-9-14-7-4-3-5-8-14/h2-5,7-8,10,13H,1,6,9,11-12H2,(H2,17,18,19,20). The summed E-state index contributed by atoms with van der Waals surface area (Å²) < 4.78 is 0. The molecule has 0 amide bonds. The van der Waals surface area contributed by atoms with Crippen LogP contribution < -0.4 is 10.6 Å². The summed E-state index contributed by atoms with van der Waals surface area (Å²) in [5, 5.41) is 6.39. The van der Waals surface area contributed by atoms with E-state index in [1.807, 2.05) is 12.1 Å². The Kier molecular flexibility index (Phi) is 5.58. The highest BCUT2D eigenvalue weighted by Crippen LogP contribution is 2.06. The summed E-state index contributed by atoms with van der Waals surface area (Å²) in [6.45, 7) is 5.23. The number of hydrogen-bond donors (Lipinski definition) is 2. The summed E-state index contributed by atoms with van der Waals surface area (Å²) in [5.41, 5.74) is 1.36. The molecule has 0 atom stereocenters. The fourth-order valence-corrected chi connectivity index (χ4v) is 1.86. The molecule has 0 unspecified atom stereocenters. The van der Waals surface area contributed by atoms with Crippen molar-refractivity contribution in [2.45, 2.75) is 12.8 Å². The highest BCUT2D eigenvalue weighted by molar-refractivity contribution is 5.39. The van der Waals surface area contributed by atoms with E-state index in [0.717, 1.165) is 25.2 Å². The topological polar surface area (TPSA) is 49.8 Å². The lowest BCUT2D eigenvalue weighted by molar-refractivity contribution is 0.853. The van der Waals surface area contributed by atoms with Gasteiger partial charge in [-0.1, -0.05) is 36.4 Å². The van der Waals surface area contributed by atoms with Gasteiger partial charge >= 0.3 is 0 Å². The van der Waals surface area contributed by atoms with Crippen molar-refractivity contribution in [3.05, 3.63) is 60.8 Å². The molecule has 0 bridgehead atoms. The number of anilines is 2. The molecule has 0 fully saturated rings. The van der Waals surface area contributed by atoms with E-state index in [1.54, 1.807) is 12.3 Å². The molecule has 2 aromatic rings. The Hall–Kier alpha value is -2.36. The van der Waals surface area contributed by atoms with Crippen molar-refractivity contribution in [1.29, 1.82) is 0 Å². The molecule has 1 aromatic heterocycles. The van der Waals surface area contributed by atoms with Crippen LogP contribution in [0.4, 0.5) is 11.8 Å². The highest BCUT2D eigenvalue weighted by atomic mass is 15.1. The molecule has 0 aliphatic rings. The first kappa shape index (κ1) is 14.1. The minimum Gasteiger partial charge on any atom is -0.366 e. The van der Waals surface area contributed by atoms with Gasteiger partial charge in [0.2, 0.25) is 5.95 Å². The van der Waals surface area contributed by atoms with E-state index in [9.17, 15) is 0 Å². The van der Waals surface area contributed by atoms with Crippen molar-refractivity contribution >= 4 is 11.8 Å². The lowest BCUT2D eigenvalue weighted by Crippen LogP contribution is -2.08. The second kappa shape index (κ2) is 7.94. The van der Waals surface area contributed by atoms with E-state index in [0.29, 0.717) is 12.5 Å². The van der Waals surface area contributed by atoms with Crippen LogP contribution in [0.3, 0.4) is 0 Å². The Labute approximate surface area is 120 Å². The molecule has 0 saturated carbocycles. The summed E-state index contributed by atoms with van der Waals surface area (Å²) in [5.74, 6) is 1.47. The fraction of sp³-hybridized carbons (Fsp3) is 0.250. The highest BCUT2D eigenvalue weighted by Gasteiger charge is 1.98. The van der Waals surface area contributed by atoms with Crippen LogP contribution in [0.25, 0.3) is 0 Å². The minimum absolute atomic E-state index is 0.659. The fourth-order valence-electron chi connectivity index (χ4n) is 1.86. The Morgan fingerprint density at radius 1 is 1.10 bits per heavy atom. The number of aryl methyl sites for hydroxylation is 1. The molecular formula is C16H20N4. The summed E-state index contributed by atoms with van der Waals surface area (Å²) >= 11 is 0. The van der Waals surface area contributed by atoms with Gasteiger partial charge in [0.1, 0.15) is 5.82 Å². The monoisotopic (exact) mass is 268 g/mol. The van der Waals surface area contributed by atoms with Crippen LogP contribution in [-0.4, -0.2) is 23.1 Å². The van der Waals surface area contributed by atoms with Gasteiger partial charge in [-0.3, -0.25) is 0 Å². The first-order valence-electron chi connectivity index (χ1n) is 6.84. The molecule has 104 valence electrons. The number of hydrogen-bond acceptors (Lipinski definition) is 4. The van der Waals surface area contributed by atoms with Crippen molar-refractivity contribution in [3.63, 3.8) is 0 Å². The van der Waals surface area contributed by atoms with Crippen molar-refractivity contribution < 1.29 is 0 Å². The number of nitrogens with zero attached hydrogens (tertiary/aromatic N) is 2. The average molecular weight is 268 g/mol. The third kappa shape index (κ3) is 4.72. The summed E-state index contributed by atoms with van der Waals surface area (Å²) in [6.07, 6.45) is 5.66. The van der Waals surface area contributed by atoms with Gasteiger partial charge in [0.15, 0.2) is 0 Å². The van der Waals surface area contributed by atoms with Crippen LogP contribution in [0.2, 0.25) is 0 Å². The maximum Gasteiger partial charge on any atom is 0.224 e. The third-order valence-corrected chi connectivity index (χ3v) is 2.85.